The molecular weight excluding hydrogens is 238 g/mol. The molecule has 96 valence electrons. The fourth-order valence-corrected chi connectivity index (χ4v) is 2.68. The van der Waals surface area contributed by atoms with Crippen molar-refractivity contribution in [2.24, 2.45) is 5.73 Å². The Balaban J connectivity index is 2.10. The summed E-state index contributed by atoms with van der Waals surface area (Å²) in [5.41, 5.74) is 8.93. The van der Waals surface area contributed by atoms with E-state index in [9.17, 15) is 9.90 Å². The molecule has 0 radical (unpaired) electrons. The van der Waals surface area contributed by atoms with E-state index in [2.05, 4.69) is 24.3 Å². The van der Waals surface area contributed by atoms with Crippen LogP contribution in [0.4, 0.5) is 0 Å². The fourth-order valence-electron chi connectivity index (χ4n) is 2.68. The largest absolute Gasteiger partial charge is 0.548 e. The number of carboxylic acid groups (broad SMARTS) is 1. The Morgan fingerprint density at radius 1 is 1.37 bits per heavy atom. The molecule has 0 aromatic heterocycles. The van der Waals surface area contributed by atoms with E-state index in [1.165, 1.54) is 10.9 Å². The molecule has 19 heavy (non-hydrogen) atoms. The van der Waals surface area contributed by atoms with Crippen molar-refractivity contribution in [3.05, 3.63) is 53.1 Å². The van der Waals surface area contributed by atoms with Gasteiger partial charge in [0, 0.05) is 6.04 Å². The molecule has 2 aromatic rings. The van der Waals surface area contributed by atoms with Gasteiger partial charge in [-0.25, -0.2) is 0 Å². The fraction of sp³-hybridized carbons (Fsp3) is 0.188. The lowest BCUT2D eigenvalue weighted by molar-refractivity contribution is -0.307. The maximum atomic E-state index is 10.7. The Labute approximate surface area is 111 Å². The van der Waals surface area contributed by atoms with E-state index in [0.717, 1.165) is 22.9 Å². The first kappa shape index (κ1) is 11.9. The highest BCUT2D eigenvalue weighted by molar-refractivity contribution is 5.95. The standard InChI is InChI=1S/C16H15NO2/c17-14(16(18)19)9-10-7-12-5-1-3-11-4-2-6-13(8-10)15(11)12/h1-3,5-8,14H,4,9,17H2,(H,18,19)/p-1/t14-/m0/s1. The maximum Gasteiger partial charge on any atom is 0.0585 e. The van der Waals surface area contributed by atoms with Crippen molar-refractivity contribution >= 4 is 22.8 Å². The first-order valence-corrected chi connectivity index (χ1v) is 6.32. The van der Waals surface area contributed by atoms with Crippen LogP contribution in [0, 0.1) is 0 Å². The highest BCUT2D eigenvalue weighted by atomic mass is 16.4. The van der Waals surface area contributed by atoms with Gasteiger partial charge in [-0.3, -0.25) is 0 Å². The van der Waals surface area contributed by atoms with E-state index in [1.807, 2.05) is 18.2 Å². The Morgan fingerprint density at radius 3 is 3.00 bits per heavy atom. The molecule has 0 amide bonds. The van der Waals surface area contributed by atoms with Crippen LogP contribution >= 0.6 is 0 Å². The van der Waals surface area contributed by atoms with Crippen LogP contribution in [0.3, 0.4) is 0 Å². The van der Waals surface area contributed by atoms with Crippen LogP contribution in [0.1, 0.15) is 16.7 Å². The predicted molar refractivity (Wildman–Crippen MR) is 73.4 cm³/mol. The molecule has 1 atom stereocenters. The van der Waals surface area contributed by atoms with Crippen LogP contribution in [-0.2, 0) is 17.6 Å². The van der Waals surface area contributed by atoms with Gasteiger partial charge in [0.15, 0.2) is 0 Å². The molecule has 0 fully saturated rings. The molecule has 0 aliphatic heterocycles. The topological polar surface area (TPSA) is 66.2 Å². The molecule has 0 spiro atoms. The molecule has 1 aliphatic rings. The molecule has 0 heterocycles. The van der Waals surface area contributed by atoms with Crippen LogP contribution in [0.15, 0.2) is 36.4 Å². The third-order valence-corrected chi connectivity index (χ3v) is 3.55. The molecule has 3 heteroatoms. The third-order valence-electron chi connectivity index (χ3n) is 3.55. The molecule has 2 aromatic carbocycles. The number of nitrogens with two attached hydrogens (primary N) is 1. The van der Waals surface area contributed by atoms with Gasteiger partial charge in [-0.15, -0.1) is 0 Å². The minimum atomic E-state index is -1.21. The first-order chi connectivity index (χ1) is 9.15. The number of carboxylic acids is 1. The van der Waals surface area contributed by atoms with Crippen molar-refractivity contribution in [1.29, 1.82) is 0 Å². The quantitative estimate of drug-likeness (QED) is 0.887. The Hall–Kier alpha value is -2.13. The number of rotatable bonds is 3. The number of carbonyl (C=O) groups excluding carboxylic acids is 1. The summed E-state index contributed by atoms with van der Waals surface area (Å²) in [5, 5.41) is 13.1. The van der Waals surface area contributed by atoms with Gasteiger partial charge in [-0.1, -0.05) is 42.5 Å². The van der Waals surface area contributed by atoms with E-state index >= 15 is 0 Å². The molecule has 0 bridgehead atoms. The summed E-state index contributed by atoms with van der Waals surface area (Å²) in [6.07, 6.45) is 5.45. The molecule has 3 rings (SSSR count). The van der Waals surface area contributed by atoms with Gasteiger partial charge in [-0.05, 0) is 40.3 Å². The van der Waals surface area contributed by atoms with Crippen molar-refractivity contribution in [1.82, 2.24) is 0 Å². The Morgan fingerprint density at radius 2 is 2.21 bits per heavy atom. The summed E-state index contributed by atoms with van der Waals surface area (Å²) in [7, 11) is 0. The monoisotopic (exact) mass is 252 g/mol. The number of carbonyl (C=O) groups is 1. The molecule has 3 nitrogen and oxygen atoms in total. The zero-order valence-electron chi connectivity index (χ0n) is 10.4. The summed E-state index contributed by atoms with van der Waals surface area (Å²) < 4.78 is 0. The summed E-state index contributed by atoms with van der Waals surface area (Å²) in [6, 6.07) is 9.29. The van der Waals surface area contributed by atoms with Crippen LogP contribution in [0.2, 0.25) is 0 Å². The van der Waals surface area contributed by atoms with Gasteiger partial charge in [0.2, 0.25) is 0 Å². The summed E-state index contributed by atoms with van der Waals surface area (Å²) >= 11 is 0. The van der Waals surface area contributed by atoms with Crippen molar-refractivity contribution in [3.8, 4) is 0 Å². The highest BCUT2D eigenvalue weighted by Gasteiger charge is 2.11. The minimum absolute atomic E-state index is 0.295. The maximum absolute atomic E-state index is 10.7. The second kappa shape index (κ2) is 4.52. The van der Waals surface area contributed by atoms with Crippen molar-refractivity contribution in [3.63, 3.8) is 0 Å². The van der Waals surface area contributed by atoms with Gasteiger partial charge in [-0.2, -0.15) is 0 Å². The summed E-state index contributed by atoms with van der Waals surface area (Å²) in [6.45, 7) is 0. The van der Waals surface area contributed by atoms with Gasteiger partial charge >= 0.3 is 0 Å². The van der Waals surface area contributed by atoms with Crippen molar-refractivity contribution < 1.29 is 9.90 Å². The average Bonchev–Trinajstić information content (AvgIpc) is 2.39. The van der Waals surface area contributed by atoms with E-state index in [0.29, 0.717) is 6.42 Å². The lowest BCUT2D eigenvalue weighted by atomic mass is 9.90. The number of aliphatic carboxylic acids is 1. The third kappa shape index (κ3) is 2.13. The molecular formula is C16H14NO2-. The van der Waals surface area contributed by atoms with E-state index in [4.69, 9.17) is 5.73 Å². The van der Waals surface area contributed by atoms with Crippen molar-refractivity contribution in [2.75, 3.05) is 0 Å². The lowest BCUT2D eigenvalue weighted by Gasteiger charge is -2.17. The molecule has 0 saturated heterocycles. The SMILES string of the molecule is N[C@@H](Cc1cc2c3c(cccc3c1)CC=C2)C(=O)[O-]. The van der Waals surface area contributed by atoms with Gasteiger partial charge in [0.25, 0.3) is 0 Å². The average molecular weight is 252 g/mol. The lowest BCUT2D eigenvalue weighted by Crippen LogP contribution is -2.43. The van der Waals surface area contributed by atoms with Gasteiger partial charge in [0.1, 0.15) is 0 Å². The molecule has 0 saturated carbocycles. The molecule has 0 unspecified atom stereocenters. The molecule has 2 N–H and O–H groups in total. The number of benzene rings is 2. The Kier molecular flexibility index (Phi) is 2.84. The predicted octanol–water partition coefficient (Wildman–Crippen LogP) is 1.03. The number of allylic oxidation sites excluding steroid dienone is 1. The van der Waals surface area contributed by atoms with Crippen LogP contribution in [0.25, 0.3) is 16.8 Å². The summed E-state index contributed by atoms with van der Waals surface area (Å²) in [5.74, 6) is -1.21. The second-order valence-electron chi connectivity index (χ2n) is 4.94. The smallest absolute Gasteiger partial charge is 0.0585 e. The van der Waals surface area contributed by atoms with E-state index < -0.39 is 12.0 Å². The first-order valence-electron chi connectivity index (χ1n) is 6.32. The Bertz CT molecular complexity index is 688. The van der Waals surface area contributed by atoms with Crippen LogP contribution in [0.5, 0.6) is 0 Å². The minimum Gasteiger partial charge on any atom is -0.548 e. The molecule has 1 aliphatic carbocycles. The van der Waals surface area contributed by atoms with E-state index in [1.54, 1.807) is 0 Å². The zero-order valence-corrected chi connectivity index (χ0v) is 10.4. The van der Waals surface area contributed by atoms with E-state index in [-0.39, 0.29) is 0 Å². The highest BCUT2D eigenvalue weighted by Crippen LogP contribution is 2.30. The van der Waals surface area contributed by atoms with Crippen LogP contribution in [-0.4, -0.2) is 12.0 Å². The number of hydrogen-bond donors (Lipinski definition) is 1. The van der Waals surface area contributed by atoms with Crippen molar-refractivity contribution in [2.45, 2.75) is 18.9 Å². The zero-order chi connectivity index (χ0) is 13.4. The van der Waals surface area contributed by atoms with Gasteiger partial charge < -0.3 is 15.6 Å². The summed E-state index contributed by atoms with van der Waals surface area (Å²) in [4.78, 5) is 10.7. The second-order valence-corrected chi connectivity index (χ2v) is 4.94. The number of hydrogen-bond acceptors (Lipinski definition) is 3. The normalized spacial score (nSPS) is 14.6. The van der Waals surface area contributed by atoms with Gasteiger partial charge in [0.05, 0.1) is 5.97 Å². The van der Waals surface area contributed by atoms with Crippen LogP contribution < -0.4 is 10.8 Å².